The number of para-hydroxylation sites is 1. The molecule has 0 saturated heterocycles. The molecule has 29 heavy (non-hydrogen) atoms. The maximum Gasteiger partial charge on any atom is 0.256 e. The maximum atomic E-state index is 13.2. The van der Waals surface area contributed by atoms with Gasteiger partial charge >= 0.3 is 0 Å². The van der Waals surface area contributed by atoms with E-state index < -0.39 is 0 Å². The molecule has 0 aliphatic heterocycles. The number of hydrogen-bond donors (Lipinski definition) is 1. The molecule has 1 N–H and O–H groups in total. The number of pyridine rings is 1. The van der Waals surface area contributed by atoms with Crippen molar-refractivity contribution < 1.29 is 4.79 Å². The third kappa shape index (κ3) is 3.48. The first-order valence-corrected chi connectivity index (χ1v) is 10.3. The number of nitrogens with zero attached hydrogens (tertiary/aromatic N) is 1. The Kier molecular flexibility index (Phi) is 4.51. The second-order valence-electron chi connectivity index (χ2n) is 6.69. The summed E-state index contributed by atoms with van der Waals surface area (Å²) >= 11 is 7.54. The third-order valence-electron chi connectivity index (χ3n) is 4.79. The van der Waals surface area contributed by atoms with E-state index in [1.165, 1.54) is 11.3 Å². The molecule has 0 saturated carbocycles. The lowest BCUT2D eigenvalue weighted by Gasteiger charge is -2.10. The number of benzene rings is 3. The zero-order valence-electron chi connectivity index (χ0n) is 15.2. The van der Waals surface area contributed by atoms with Crippen LogP contribution in [0.2, 0.25) is 4.34 Å². The number of nitrogens with one attached hydrogen (secondary N) is 1. The fraction of sp³-hybridized carbons (Fsp3) is 0. The molecule has 5 aromatic rings. The summed E-state index contributed by atoms with van der Waals surface area (Å²) in [6.45, 7) is 0. The number of halogens is 1. The van der Waals surface area contributed by atoms with Crippen LogP contribution >= 0.6 is 22.9 Å². The monoisotopic (exact) mass is 414 g/mol. The predicted octanol–water partition coefficient (Wildman–Crippen LogP) is 7.02. The summed E-state index contributed by atoms with van der Waals surface area (Å²) in [5.74, 6) is -0.164. The molecule has 3 nitrogen and oxygen atoms in total. The van der Waals surface area contributed by atoms with E-state index >= 15 is 0 Å². The average molecular weight is 415 g/mol. The van der Waals surface area contributed by atoms with Gasteiger partial charge in [-0.2, -0.15) is 0 Å². The molecule has 0 aliphatic carbocycles. The standard InChI is InChI=1S/C24H15ClN2OS/c25-23-12-11-22(29-23)21-14-19(18-7-3-4-8-20(18)27-21)24(28)26-17-10-9-15-5-1-2-6-16(15)13-17/h1-14H,(H,26,28). The van der Waals surface area contributed by atoms with Crippen molar-refractivity contribution >= 4 is 56.2 Å². The quantitative estimate of drug-likeness (QED) is 0.344. The van der Waals surface area contributed by atoms with Gasteiger partial charge in [-0.05, 0) is 47.2 Å². The lowest BCUT2D eigenvalue weighted by atomic mass is 10.1. The third-order valence-corrected chi connectivity index (χ3v) is 6.05. The summed E-state index contributed by atoms with van der Waals surface area (Å²) in [5, 5.41) is 6.07. The van der Waals surface area contributed by atoms with Gasteiger partial charge in [-0.3, -0.25) is 4.79 Å². The van der Waals surface area contributed by atoms with Crippen molar-refractivity contribution in [2.45, 2.75) is 0 Å². The van der Waals surface area contributed by atoms with Crippen LogP contribution in [-0.4, -0.2) is 10.9 Å². The number of carbonyl (C=O) groups excluding carboxylic acids is 1. The molecule has 2 heterocycles. The van der Waals surface area contributed by atoms with E-state index in [-0.39, 0.29) is 5.91 Å². The summed E-state index contributed by atoms with van der Waals surface area (Å²) in [5.41, 5.74) is 2.86. The van der Waals surface area contributed by atoms with E-state index in [9.17, 15) is 4.79 Å². The lowest BCUT2D eigenvalue weighted by molar-refractivity contribution is 0.102. The Hall–Kier alpha value is -3.21. The molecule has 0 aliphatic rings. The summed E-state index contributed by atoms with van der Waals surface area (Å²) in [6, 6.07) is 27.3. The molecule has 0 radical (unpaired) electrons. The minimum Gasteiger partial charge on any atom is -0.322 e. The van der Waals surface area contributed by atoms with Crippen molar-refractivity contribution in [3.8, 4) is 10.6 Å². The van der Waals surface area contributed by atoms with Gasteiger partial charge in [-0.25, -0.2) is 4.98 Å². The number of anilines is 1. The number of amides is 1. The van der Waals surface area contributed by atoms with Crippen LogP contribution in [0.15, 0.2) is 84.9 Å². The highest BCUT2D eigenvalue weighted by atomic mass is 35.5. The number of hydrogen-bond acceptors (Lipinski definition) is 3. The summed E-state index contributed by atoms with van der Waals surface area (Å²) in [7, 11) is 0. The summed E-state index contributed by atoms with van der Waals surface area (Å²) in [4.78, 5) is 18.8. The molecule has 140 valence electrons. The fourth-order valence-corrected chi connectivity index (χ4v) is 4.41. The smallest absolute Gasteiger partial charge is 0.256 e. The Bertz CT molecular complexity index is 1380. The summed E-state index contributed by atoms with van der Waals surface area (Å²) in [6.07, 6.45) is 0. The van der Waals surface area contributed by atoms with Gasteiger partial charge in [0.05, 0.1) is 26.0 Å². The normalized spacial score (nSPS) is 11.1. The highest BCUT2D eigenvalue weighted by Gasteiger charge is 2.15. The molecule has 5 heteroatoms. The van der Waals surface area contributed by atoms with Gasteiger partial charge in [0.2, 0.25) is 0 Å². The highest BCUT2D eigenvalue weighted by Crippen LogP contribution is 2.32. The molecule has 3 aromatic carbocycles. The molecular formula is C24H15ClN2OS. The Labute approximate surface area is 176 Å². The van der Waals surface area contributed by atoms with Gasteiger partial charge in [-0.1, -0.05) is 60.1 Å². The van der Waals surface area contributed by atoms with E-state index in [0.717, 1.165) is 37.9 Å². The molecule has 0 spiro atoms. The lowest BCUT2D eigenvalue weighted by Crippen LogP contribution is -2.13. The molecule has 0 fully saturated rings. The second-order valence-corrected chi connectivity index (χ2v) is 8.41. The first kappa shape index (κ1) is 17.9. The van der Waals surface area contributed by atoms with E-state index in [1.54, 1.807) is 0 Å². The van der Waals surface area contributed by atoms with Crippen LogP contribution in [0.3, 0.4) is 0 Å². The van der Waals surface area contributed by atoms with Crippen LogP contribution in [-0.2, 0) is 0 Å². The number of carbonyl (C=O) groups is 1. The van der Waals surface area contributed by atoms with E-state index in [1.807, 2.05) is 78.9 Å². The first-order valence-electron chi connectivity index (χ1n) is 9.13. The minimum absolute atomic E-state index is 0.164. The molecule has 2 aromatic heterocycles. The Balaban J connectivity index is 1.57. The van der Waals surface area contributed by atoms with Crippen molar-refractivity contribution in [1.82, 2.24) is 4.98 Å². The molecule has 1 amide bonds. The Morgan fingerprint density at radius 2 is 1.66 bits per heavy atom. The van der Waals surface area contributed by atoms with Gasteiger partial charge in [-0.15, -0.1) is 11.3 Å². The van der Waals surface area contributed by atoms with Crippen LogP contribution in [0.25, 0.3) is 32.2 Å². The molecule has 5 rings (SSSR count). The number of rotatable bonds is 3. The van der Waals surface area contributed by atoms with Crippen molar-refractivity contribution in [1.29, 1.82) is 0 Å². The van der Waals surface area contributed by atoms with Crippen molar-refractivity contribution in [3.05, 3.63) is 94.8 Å². The highest BCUT2D eigenvalue weighted by molar-refractivity contribution is 7.19. The maximum absolute atomic E-state index is 13.2. The SMILES string of the molecule is O=C(Nc1ccc2ccccc2c1)c1cc(-c2ccc(Cl)s2)nc2ccccc12. The number of thiophene rings is 1. The van der Waals surface area contributed by atoms with Crippen LogP contribution in [0.4, 0.5) is 5.69 Å². The number of fused-ring (bicyclic) bond motifs is 2. The molecule has 0 bridgehead atoms. The number of aromatic nitrogens is 1. The molecule has 0 atom stereocenters. The molecule has 0 unspecified atom stereocenters. The van der Waals surface area contributed by atoms with Crippen molar-refractivity contribution in [2.24, 2.45) is 0 Å². The average Bonchev–Trinajstić information content (AvgIpc) is 3.19. The van der Waals surface area contributed by atoms with Gasteiger partial charge in [0, 0.05) is 11.1 Å². The van der Waals surface area contributed by atoms with Crippen molar-refractivity contribution in [3.63, 3.8) is 0 Å². The van der Waals surface area contributed by atoms with E-state index in [2.05, 4.69) is 11.4 Å². The predicted molar refractivity (Wildman–Crippen MR) is 122 cm³/mol. The van der Waals surface area contributed by atoms with E-state index in [4.69, 9.17) is 16.6 Å². The minimum atomic E-state index is -0.164. The fourth-order valence-electron chi connectivity index (χ4n) is 3.41. The van der Waals surface area contributed by atoms with Gasteiger partial charge < -0.3 is 5.32 Å². The van der Waals surface area contributed by atoms with E-state index in [0.29, 0.717) is 9.90 Å². The zero-order chi connectivity index (χ0) is 19.8. The molecular weight excluding hydrogens is 400 g/mol. The van der Waals surface area contributed by atoms with Crippen LogP contribution in [0.1, 0.15) is 10.4 Å². The van der Waals surface area contributed by atoms with Crippen LogP contribution < -0.4 is 5.32 Å². The Morgan fingerprint density at radius 3 is 2.48 bits per heavy atom. The van der Waals surface area contributed by atoms with Crippen LogP contribution in [0.5, 0.6) is 0 Å². The largest absolute Gasteiger partial charge is 0.322 e. The zero-order valence-corrected chi connectivity index (χ0v) is 16.8. The first-order chi connectivity index (χ1) is 14.2. The topological polar surface area (TPSA) is 42.0 Å². The van der Waals surface area contributed by atoms with Crippen molar-refractivity contribution in [2.75, 3.05) is 5.32 Å². The van der Waals surface area contributed by atoms with Gasteiger partial charge in [0.25, 0.3) is 5.91 Å². The summed E-state index contributed by atoms with van der Waals surface area (Å²) < 4.78 is 0.692. The van der Waals surface area contributed by atoms with Crippen LogP contribution in [0, 0.1) is 0 Å². The second kappa shape index (κ2) is 7.32. The van der Waals surface area contributed by atoms with Gasteiger partial charge in [0.1, 0.15) is 0 Å². The Morgan fingerprint density at radius 1 is 0.862 bits per heavy atom. The van der Waals surface area contributed by atoms with Gasteiger partial charge in [0.15, 0.2) is 0 Å².